The van der Waals surface area contributed by atoms with Crippen molar-refractivity contribution >= 4 is 5.82 Å². The minimum atomic E-state index is 0.566. The third-order valence-corrected chi connectivity index (χ3v) is 5.68. The van der Waals surface area contributed by atoms with Crippen LogP contribution in [0.4, 0.5) is 5.82 Å². The van der Waals surface area contributed by atoms with Gasteiger partial charge in [0, 0.05) is 35.6 Å². The van der Waals surface area contributed by atoms with E-state index in [1.807, 2.05) is 20.8 Å². The van der Waals surface area contributed by atoms with Gasteiger partial charge in [-0.2, -0.15) is 4.98 Å². The van der Waals surface area contributed by atoms with Crippen LogP contribution < -0.4 is 9.64 Å². The lowest BCUT2D eigenvalue weighted by Crippen LogP contribution is -2.36. The van der Waals surface area contributed by atoms with Crippen LogP contribution in [0.15, 0.2) is 6.33 Å². The van der Waals surface area contributed by atoms with Crippen molar-refractivity contribution in [1.29, 1.82) is 0 Å². The lowest BCUT2D eigenvalue weighted by Gasteiger charge is -2.33. The minimum absolute atomic E-state index is 0.566. The molecule has 1 fully saturated rings. The van der Waals surface area contributed by atoms with Crippen LogP contribution in [0.25, 0.3) is 0 Å². The second-order valence-corrected chi connectivity index (χ2v) is 7.50. The first kappa shape index (κ1) is 17.2. The highest BCUT2D eigenvalue weighted by Crippen LogP contribution is 2.30. The summed E-state index contributed by atoms with van der Waals surface area (Å²) in [6.45, 7) is 8.76. The van der Waals surface area contributed by atoms with Crippen molar-refractivity contribution in [3.8, 4) is 5.88 Å². The third-order valence-electron chi connectivity index (χ3n) is 5.68. The molecule has 2 aromatic rings. The van der Waals surface area contributed by atoms with Crippen LogP contribution in [-0.4, -0.2) is 39.6 Å². The summed E-state index contributed by atoms with van der Waals surface area (Å²) in [6, 6.07) is 0. The quantitative estimate of drug-likeness (QED) is 0.842. The van der Waals surface area contributed by atoms with Gasteiger partial charge in [-0.05, 0) is 58.8 Å². The van der Waals surface area contributed by atoms with E-state index in [0.29, 0.717) is 5.92 Å². The second kappa shape index (κ2) is 7.17. The Morgan fingerprint density at radius 1 is 1.08 bits per heavy atom. The van der Waals surface area contributed by atoms with Crippen molar-refractivity contribution in [3.63, 3.8) is 0 Å². The monoisotopic (exact) mass is 353 g/mol. The van der Waals surface area contributed by atoms with E-state index in [0.717, 1.165) is 68.3 Å². The molecule has 0 aromatic carbocycles. The molecule has 0 unspecified atom stereocenters. The Hall–Kier alpha value is -2.24. The molecule has 0 spiro atoms. The van der Waals surface area contributed by atoms with Crippen LogP contribution in [0.2, 0.25) is 0 Å². The molecule has 4 rings (SSSR count). The van der Waals surface area contributed by atoms with Crippen LogP contribution in [0.1, 0.15) is 47.6 Å². The lowest BCUT2D eigenvalue weighted by molar-refractivity contribution is 0.214. The molecule has 0 saturated carbocycles. The number of nitrogens with zero attached hydrogens (tertiary/aromatic N) is 5. The molecule has 1 aliphatic carbocycles. The van der Waals surface area contributed by atoms with E-state index in [9.17, 15) is 0 Å². The molecule has 2 aliphatic rings. The third kappa shape index (κ3) is 3.37. The van der Waals surface area contributed by atoms with Gasteiger partial charge < -0.3 is 9.64 Å². The molecule has 0 atom stereocenters. The molecule has 0 radical (unpaired) electrons. The molecular formula is C20H27N5O. The number of aromatic nitrogens is 4. The van der Waals surface area contributed by atoms with Crippen molar-refractivity contribution in [2.24, 2.45) is 5.92 Å². The van der Waals surface area contributed by atoms with Crippen molar-refractivity contribution in [3.05, 3.63) is 34.7 Å². The van der Waals surface area contributed by atoms with Gasteiger partial charge in [-0.15, -0.1) is 0 Å². The first-order valence-corrected chi connectivity index (χ1v) is 9.64. The normalized spacial score (nSPS) is 17.4. The van der Waals surface area contributed by atoms with E-state index in [-0.39, 0.29) is 0 Å². The summed E-state index contributed by atoms with van der Waals surface area (Å²) < 4.78 is 6.06. The highest BCUT2D eigenvalue weighted by Gasteiger charge is 2.25. The SMILES string of the molecule is Cc1nc(C)c(C)c(OCC2CCN(c3ncnc4c3CCC4)CC2)n1. The summed E-state index contributed by atoms with van der Waals surface area (Å²) in [5, 5.41) is 0. The van der Waals surface area contributed by atoms with Gasteiger partial charge in [-0.3, -0.25) is 0 Å². The van der Waals surface area contributed by atoms with Gasteiger partial charge in [-0.25, -0.2) is 15.0 Å². The molecule has 3 heterocycles. The minimum Gasteiger partial charge on any atom is -0.477 e. The number of hydrogen-bond acceptors (Lipinski definition) is 6. The molecule has 26 heavy (non-hydrogen) atoms. The van der Waals surface area contributed by atoms with Gasteiger partial charge in [0.05, 0.1) is 6.61 Å². The zero-order valence-electron chi connectivity index (χ0n) is 16.0. The van der Waals surface area contributed by atoms with E-state index >= 15 is 0 Å². The molecule has 138 valence electrons. The maximum absolute atomic E-state index is 6.06. The van der Waals surface area contributed by atoms with Crippen molar-refractivity contribution in [2.75, 3.05) is 24.6 Å². The molecule has 6 heteroatoms. The van der Waals surface area contributed by atoms with Gasteiger partial charge in [-0.1, -0.05) is 0 Å². The van der Waals surface area contributed by atoms with Crippen molar-refractivity contribution in [1.82, 2.24) is 19.9 Å². The number of rotatable bonds is 4. The lowest BCUT2D eigenvalue weighted by atomic mass is 9.97. The molecule has 2 aromatic heterocycles. The summed E-state index contributed by atoms with van der Waals surface area (Å²) in [4.78, 5) is 20.3. The van der Waals surface area contributed by atoms with Crippen LogP contribution in [-0.2, 0) is 12.8 Å². The summed E-state index contributed by atoms with van der Waals surface area (Å²) in [5.41, 5.74) is 4.68. The smallest absolute Gasteiger partial charge is 0.219 e. The number of piperidine rings is 1. The number of fused-ring (bicyclic) bond motifs is 1. The highest BCUT2D eigenvalue weighted by atomic mass is 16.5. The molecule has 1 aliphatic heterocycles. The fraction of sp³-hybridized carbons (Fsp3) is 0.600. The first-order chi connectivity index (χ1) is 12.6. The van der Waals surface area contributed by atoms with E-state index in [2.05, 4.69) is 24.8 Å². The van der Waals surface area contributed by atoms with Gasteiger partial charge >= 0.3 is 0 Å². The summed E-state index contributed by atoms with van der Waals surface area (Å²) >= 11 is 0. The van der Waals surface area contributed by atoms with Gasteiger partial charge in [0.1, 0.15) is 18.0 Å². The second-order valence-electron chi connectivity index (χ2n) is 7.50. The Morgan fingerprint density at radius 2 is 1.88 bits per heavy atom. The maximum atomic E-state index is 6.06. The Bertz CT molecular complexity index is 799. The average molecular weight is 353 g/mol. The van der Waals surface area contributed by atoms with E-state index < -0.39 is 0 Å². The van der Waals surface area contributed by atoms with Gasteiger partial charge in [0.25, 0.3) is 0 Å². The topological polar surface area (TPSA) is 64.0 Å². The number of ether oxygens (including phenoxy) is 1. The average Bonchev–Trinajstić information content (AvgIpc) is 3.13. The Kier molecular flexibility index (Phi) is 4.74. The summed E-state index contributed by atoms with van der Waals surface area (Å²) in [5.74, 6) is 3.25. The standard InChI is InChI=1S/C20H27N5O/c1-13-14(2)23-15(3)24-20(13)26-11-16-7-9-25(10-8-16)19-17-5-4-6-18(17)21-12-22-19/h12,16H,4-11H2,1-3H3. The van der Waals surface area contributed by atoms with E-state index in [4.69, 9.17) is 4.74 Å². The number of aryl methyl sites for hydroxylation is 3. The fourth-order valence-corrected chi connectivity index (χ4v) is 4.00. The maximum Gasteiger partial charge on any atom is 0.219 e. The van der Waals surface area contributed by atoms with Crippen molar-refractivity contribution in [2.45, 2.75) is 52.9 Å². The molecular weight excluding hydrogens is 326 g/mol. The zero-order chi connectivity index (χ0) is 18.1. The predicted molar refractivity (Wildman–Crippen MR) is 101 cm³/mol. The zero-order valence-corrected chi connectivity index (χ0v) is 16.0. The van der Waals surface area contributed by atoms with Crippen LogP contribution in [0.5, 0.6) is 5.88 Å². The van der Waals surface area contributed by atoms with Crippen LogP contribution in [0.3, 0.4) is 0 Å². The Balaban J connectivity index is 1.35. The van der Waals surface area contributed by atoms with Crippen molar-refractivity contribution < 1.29 is 4.74 Å². The first-order valence-electron chi connectivity index (χ1n) is 9.64. The molecule has 0 N–H and O–H groups in total. The van der Waals surface area contributed by atoms with Crippen LogP contribution in [0, 0.1) is 26.7 Å². The number of hydrogen-bond donors (Lipinski definition) is 0. The molecule has 0 bridgehead atoms. The summed E-state index contributed by atoms with van der Waals surface area (Å²) in [6.07, 6.45) is 7.42. The highest BCUT2D eigenvalue weighted by molar-refractivity contribution is 5.50. The fourth-order valence-electron chi connectivity index (χ4n) is 4.00. The van der Waals surface area contributed by atoms with Crippen LogP contribution >= 0.6 is 0 Å². The Labute approximate surface area is 155 Å². The predicted octanol–water partition coefficient (Wildman–Crippen LogP) is 2.98. The molecule has 0 amide bonds. The summed E-state index contributed by atoms with van der Waals surface area (Å²) in [7, 11) is 0. The molecule has 6 nitrogen and oxygen atoms in total. The van der Waals surface area contributed by atoms with Gasteiger partial charge in [0.2, 0.25) is 5.88 Å². The largest absolute Gasteiger partial charge is 0.477 e. The Morgan fingerprint density at radius 3 is 2.69 bits per heavy atom. The van der Waals surface area contributed by atoms with Gasteiger partial charge in [0.15, 0.2) is 0 Å². The van der Waals surface area contributed by atoms with E-state index in [1.165, 1.54) is 23.5 Å². The molecule has 1 saturated heterocycles. The number of anilines is 1. The van der Waals surface area contributed by atoms with E-state index in [1.54, 1.807) is 6.33 Å².